The predicted molar refractivity (Wildman–Crippen MR) is 109 cm³/mol. The van der Waals surface area contributed by atoms with Crippen molar-refractivity contribution in [1.29, 1.82) is 0 Å². The molecule has 0 aromatic carbocycles. The lowest BCUT2D eigenvalue weighted by Gasteiger charge is -2.37. The summed E-state index contributed by atoms with van der Waals surface area (Å²) in [4.78, 5) is 19.3. The molecule has 3 aromatic rings. The van der Waals surface area contributed by atoms with Crippen LogP contribution in [0.15, 0.2) is 30.3 Å². The number of hydrogen-bond donors (Lipinski definition) is 2. The number of β-amino-alcohol motifs (C(OH)–C–C–N with tert-alkyl or cyclic N) is 1. The van der Waals surface area contributed by atoms with E-state index in [-0.39, 0.29) is 6.10 Å². The van der Waals surface area contributed by atoms with E-state index in [1.54, 1.807) is 0 Å². The largest absolute Gasteiger partial charge is 0.389 e. The molecule has 0 saturated carbocycles. The molecule has 9 nitrogen and oxygen atoms in total. The Bertz CT molecular complexity index is 1120. The van der Waals surface area contributed by atoms with Gasteiger partial charge in [-0.3, -0.25) is 0 Å². The second-order valence-corrected chi connectivity index (χ2v) is 8.87. The number of H-pyrrole nitrogens is 1. The molecule has 12 heteroatoms. The summed E-state index contributed by atoms with van der Waals surface area (Å²) in [5, 5.41) is 25.2. The van der Waals surface area contributed by atoms with Crippen LogP contribution in [0.3, 0.4) is 0 Å². The topological polar surface area (TPSA) is 115 Å². The summed E-state index contributed by atoms with van der Waals surface area (Å²) in [5.74, 6) is 0.744. The number of nitrogens with zero attached hydrogens (tertiary/aromatic N) is 7. The van der Waals surface area contributed by atoms with E-state index in [0.29, 0.717) is 35.5 Å². The molecular weight excluding hydrogens is 420 g/mol. The zero-order chi connectivity index (χ0) is 19.3. The third kappa shape index (κ3) is 3.08. The Balaban J connectivity index is 1.51. The van der Waals surface area contributed by atoms with E-state index in [0.717, 1.165) is 39.1 Å². The smallest absolute Gasteiger partial charge is 0.198 e. The van der Waals surface area contributed by atoms with Crippen LogP contribution in [-0.2, 0) is 6.42 Å². The van der Waals surface area contributed by atoms with Crippen molar-refractivity contribution in [2.24, 2.45) is 15.4 Å². The van der Waals surface area contributed by atoms with Gasteiger partial charge in [0.15, 0.2) is 9.50 Å². The minimum absolute atomic E-state index is 0.339. The van der Waals surface area contributed by atoms with Crippen molar-refractivity contribution < 1.29 is 5.11 Å². The first-order valence-electron chi connectivity index (χ1n) is 8.70. The highest BCUT2D eigenvalue weighted by Crippen LogP contribution is 2.38. The van der Waals surface area contributed by atoms with Gasteiger partial charge in [-0.15, -0.1) is 16.4 Å². The Hall–Kier alpha value is -2.08. The normalized spacial score (nSPS) is 16.8. The number of anilines is 1. The van der Waals surface area contributed by atoms with Crippen molar-refractivity contribution in [3.63, 3.8) is 0 Å². The fourth-order valence-corrected chi connectivity index (χ4v) is 5.12. The lowest BCUT2D eigenvalue weighted by atomic mass is 10.1. The Labute approximate surface area is 173 Å². The molecule has 2 N–H and O–H groups in total. The van der Waals surface area contributed by atoms with Crippen LogP contribution in [0.4, 0.5) is 5.82 Å². The fourth-order valence-electron chi connectivity index (χ4n) is 3.08. The SMILES string of the molecule is CCc1[nH]c2nc(Sc3nc(C4=NN=NC4)cs3)nc(N3CC(O)C3)c2c1Cl. The van der Waals surface area contributed by atoms with Gasteiger partial charge in [0.1, 0.15) is 29.4 Å². The lowest BCUT2D eigenvalue weighted by Crippen LogP contribution is -2.51. The average Bonchev–Trinajstić information content (AvgIpc) is 3.39. The van der Waals surface area contributed by atoms with Gasteiger partial charge in [-0.2, -0.15) is 5.11 Å². The van der Waals surface area contributed by atoms with Crippen molar-refractivity contribution in [2.75, 3.05) is 24.5 Å². The van der Waals surface area contributed by atoms with E-state index < -0.39 is 0 Å². The van der Waals surface area contributed by atoms with Crippen LogP contribution < -0.4 is 4.90 Å². The van der Waals surface area contributed by atoms with Crippen molar-refractivity contribution in [1.82, 2.24) is 19.9 Å². The Morgan fingerprint density at radius 2 is 2.21 bits per heavy atom. The molecule has 0 amide bonds. The minimum atomic E-state index is -0.339. The van der Waals surface area contributed by atoms with E-state index in [9.17, 15) is 5.11 Å². The number of hydrogen-bond acceptors (Lipinski definition) is 10. The summed E-state index contributed by atoms with van der Waals surface area (Å²) < 4.78 is 0.812. The number of aliphatic hydroxyl groups excluding tert-OH is 1. The van der Waals surface area contributed by atoms with Gasteiger partial charge in [0.05, 0.1) is 16.5 Å². The maximum absolute atomic E-state index is 9.72. The summed E-state index contributed by atoms with van der Waals surface area (Å²) in [6, 6.07) is 0. The van der Waals surface area contributed by atoms with E-state index in [1.165, 1.54) is 23.1 Å². The highest BCUT2D eigenvalue weighted by atomic mass is 35.5. The number of nitrogens with one attached hydrogen (secondary N) is 1. The number of fused-ring (bicyclic) bond motifs is 1. The highest BCUT2D eigenvalue weighted by molar-refractivity contribution is 8.00. The minimum Gasteiger partial charge on any atom is -0.389 e. The second-order valence-electron chi connectivity index (χ2n) is 6.42. The Morgan fingerprint density at radius 3 is 2.93 bits per heavy atom. The van der Waals surface area contributed by atoms with Crippen LogP contribution >= 0.6 is 34.7 Å². The number of thiazole rings is 1. The monoisotopic (exact) mass is 434 g/mol. The zero-order valence-electron chi connectivity index (χ0n) is 14.8. The van der Waals surface area contributed by atoms with Gasteiger partial charge in [-0.1, -0.05) is 18.5 Å². The Kier molecular flexibility index (Phi) is 4.54. The molecule has 5 heterocycles. The first kappa shape index (κ1) is 18.0. The van der Waals surface area contributed by atoms with Gasteiger partial charge in [-0.25, -0.2) is 15.0 Å². The van der Waals surface area contributed by atoms with Crippen molar-refractivity contribution in [3.05, 3.63) is 21.8 Å². The maximum atomic E-state index is 9.72. The molecule has 1 fully saturated rings. The van der Waals surface area contributed by atoms with Gasteiger partial charge in [-0.05, 0) is 23.4 Å². The molecule has 0 atom stereocenters. The molecule has 2 aliphatic heterocycles. The molecule has 0 radical (unpaired) electrons. The summed E-state index contributed by atoms with van der Waals surface area (Å²) in [6.07, 6.45) is 0.433. The highest BCUT2D eigenvalue weighted by Gasteiger charge is 2.30. The molecule has 0 bridgehead atoms. The molecule has 1 saturated heterocycles. The summed E-state index contributed by atoms with van der Waals surface area (Å²) in [5.41, 5.74) is 3.17. The van der Waals surface area contributed by atoms with E-state index in [1.807, 2.05) is 17.2 Å². The maximum Gasteiger partial charge on any atom is 0.198 e. The van der Waals surface area contributed by atoms with Gasteiger partial charge >= 0.3 is 0 Å². The summed E-state index contributed by atoms with van der Waals surface area (Å²) >= 11 is 9.45. The molecule has 5 rings (SSSR count). The van der Waals surface area contributed by atoms with E-state index in [2.05, 4.69) is 30.4 Å². The van der Waals surface area contributed by atoms with Crippen LogP contribution in [0.5, 0.6) is 0 Å². The molecule has 0 unspecified atom stereocenters. The Morgan fingerprint density at radius 1 is 1.36 bits per heavy atom. The predicted octanol–water partition coefficient (Wildman–Crippen LogP) is 3.13. The number of aryl methyl sites for hydroxylation is 1. The summed E-state index contributed by atoms with van der Waals surface area (Å²) in [6.45, 7) is 3.56. The molecule has 28 heavy (non-hydrogen) atoms. The first-order chi connectivity index (χ1) is 13.6. The average molecular weight is 435 g/mol. The van der Waals surface area contributed by atoms with Crippen LogP contribution in [0.25, 0.3) is 11.0 Å². The third-order valence-electron chi connectivity index (χ3n) is 4.55. The van der Waals surface area contributed by atoms with Crippen LogP contribution in [0.1, 0.15) is 18.3 Å². The van der Waals surface area contributed by atoms with Gasteiger partial charge in [0.2, 0.25) is 0 Å². The number of aliphatic hydroxyl groups is 1. The van der Waals surface area contributed by atoms with Crippen molar-refractivity contribution >= 4 is 57.3 Å². The molecule has 3 aromatic heterocycles. The fraction of sp³-hybridized carbons (Fsp3) is 0.375. The molecular formula is C16H15ClN8OS2. The van der Waals surface area contributed by atoms with E-state index >= 15 is 0 Å². The van der Waals surface area contributed by atoms with Crippen LogP contribution in [-0.4, -0.2) is 56.5 Å². The molecule has 0 aliphatic carbocycles. The van der Waals surface area contributed by atoms with Gasteiger partial charge in [0, 0.05) is 24.2 Å². The number of rotatable bonds is 5. The van der Waals surface area contributed by atoms with E-state index in [4.69, 9.17) is 16.6 Å². The molecule has 2 aliphatic rings. The number of aromatic amines is 1. The standard InChI is InChI=1S/C16H15ClN8OS2/c1-2-8-12(17)11-13(19-8)21-15(22-14(11)25-4-7(26)5-25)28-16-20-10(6-27-16)9-3-18-24-23-9/h6-7,26H,2-5H2,1H3,(H,19,21,22). The van der Waals surface area contributed by atoms with Crippen molar-refractivity contribution in [3.8, 4) is 0 Å². The number of aromatic nitrogens is 4. The second kappa shape index (κ2) is 7.07. The lowest BCUT2D eigenvalue weighted by molar-refractivity contribution is 0.141. The van der Waals surface area contributed by atoms with Gasteiger partial charge < -0.3 is 15.0 Å². The van der Waals surface area contributed by atoms with Gasteiger partial charge in [0.25, 0.3) is 0 Å². The zero-order valence-corrected chi connectivity index (χ0v) is 17.1. The molecule has 144 valence electrons. The van der Waals surface area contributed by atoms with Crippen LogP contribution in [0.2, 0.25) is 5.02 Å². The van der Waals surface area contributed by atoms with Crippen LogP contribution in [0, 0.1) is 0 Å². The third-order valence-corrected chi connectivity index (χ3v) is 6.77. The number of halogens is 1. The summed E-state index contributed by atoms with van der Waals surface area (Å²) in [7, 11) is 0. The molecule has 0 spiro atoms. The quantitative estimate of drug-likeness (QED) is 0.596. The van der Waals surface area contributed by atoms with Crippen molar-refractivity contribution in [2.45, 2.75) is 28.9 Å². The first-order valence-corrected chi connectivity index (χ1v) is 10.8.